The first kappa shape index (κ1) is 16.3. The van der Waals surface area contributed by atoms with Crippen LogP contribution in [0.15, 0.2) is 40.6 Å². The highest BCUT2D eigenvalue weighted by Gasteiger charge is 2.17. The van der Waals surface area contributed by atoms with Gasteiger partial charge in [0.1, 0.15) is 9.96 Å². The van der Waals surface area contributed by atoms with Gasteiger partial charge in [0, 0.05) is 17.5 Å². The Bertz CT molecular complexity index is 751. The molecule has 2 aromatic rings. The monoisotopic (exact) mass is 340 g/mol. The summed E-state index contributed by atoms with van der Waals surface area (Å²) in [5, 5.41) is 2.63. The third kappa shape index (κ3) is 4.22. The van der Waals surface area contributed by atoms with E-state index in [0.717, 1.165) is 16.2 Å². The van der Waals surface area contributed by atoms with Gasteiger partial charge in [0.25, 0.3) is 10.0 Å². The van der Waals surface area contributed by atoms with Crippen molar-refractivity contribution >= 4 is 33.0 Å². The molecule has 0 aliphatic carbocycles. The normalized spacial score (nSPS) is 11.0. The van der Waals surface area contributed by atoms with E-state index in [2.05, 4.69) is 10.0 Å². The van der Waals surface area contributed by atoms with Crippen LogP contribution in [0.4, 0.5) is 5.69 Å². The molecule has 0 spiro atoms. The Hall–Kier alpha value is -2.06. The van der Waals surface area contributed by atoms with Crippen molar-refractivity contribution in [2.45, 2.75) is 17.7 Å². The van der Waals surface area contributed by atoms with E-state index in [1.54, 1.807) is 37.4 Å². The van der Waals surface area contributed by atoms with E-state index in [1.807, 2.05) is 0 Å². The number of methoxy groups -OCH3 is 1. The number of carbonyl (C=O) groups is 1. The first-order chi connectivity index (χ1) is 10.4. The number of ether oxygens (including phenoxy) is 1. The number of rotatable bonds is 6. The van der Waals surface area contributed by atoms with E-state index >= 15 is 0 Å². The highest BCUT2D eigenvalue weighted by Crippen LogP contribution is 2.25. The van der Waals surface area contributed by atoms with Crippen LogP contribution in [0.1, 0.15) is 11.8 Å². The van der Waals surface area contributed by atoms with Crippen LogP contribution in [-0.2, 0) is 21.4 Å². The van der Waals surface area contributed by atoms with Gasteiger partial charge in [-0.05, 0) is 36.4 Å². The lowest BCUT2D eigenvalue weighted by Crippen LogP contribution is -2.18. The average Bonchev–Trinajstić information content (AvgIpc) is 2.95. The smallest absolute Gasteiger partial charge is 0.271 e. The molecule has 0 fully saturated rings. The van der Waals surface area contributed by atoms with Gasteiger partial charge in [0.15, 0.2) is 0 Å². The molecule has 0 radical (unpaired) electrons. The Labute approximate surface area is 133 Å². The topological polar surface area (TPSA) is 84.5 Å². The molecule has 6 nitrogen and oxygen atoms in total. The second-order valence-corrected chi connectivity index (χ2v) is 7.54. The van der Waals surface area contributed by atoms with E-state index in [9.17, 15) is 13.2 Å². The minimum atomic E-state index is -3.64. The zero-order chi connectivity index (χ0) is 16.2. The summed E-state index contributed by atoms with van der Waals surface area (Å²) >= 11 is 1.12. The number of hydrogen-bond acceptors (Lipinski definition) is 5. The molecule has 118 valence electrons. The fourth-order valence-electron chi connectivity index (χ4n) is 1.67. The summed E-state index contributed by atoms with van der Waals surface area (Å²) in [6, 6.07) is 9.81. The predicted octanol–water partition coefficient (Wildman–Crippen LogP) is 2.19. The minimum Gasteiger partial charge on any atom is -0.497 e. The van der Waals surface area contributed by atoms with Crippen molar-refractivity contribution in [3.63, 3.8) is 0 Å². The lowest BCUT2D eigenvalue weighted by molar-refractivity contribution is -0.119. The molecule has 0 unspecified atom stereocenters. The van der Waals surface area contributed by atoms with E-state index in [1.165, 1.54) is 13.0 Å². The molecular formula is C14H16N2O4S2. The van der Waals surface area contributed by atoms with Crippen molar-refractivity contribution in [3.8, 4) is 5.75 Å². The fraction of sp³-hybridized carbons (Fsp3) is 0.214. The number of anilines is 1. The Kier molecular flexibility index (Phi) is 5.04. The maximum absolute atomic E-state index is 12.3. The Morgan fingerprint density at radius 3 is 2.45 bits per heavy atom. The molecule has 2 rings (SSSR count). The maximum atomic E-state index is 12.3. The highest BCUT2D eigenvalue weighted by molar-refractivity contribution is 7.94. The van der Waals surface area contributed by atoms with Gasteiger partial charge < -0.3 is 10.1 Å². The molecule has 0 aliphatic rings. The van der Waals surface area contributed by atoms with E-state index in [-0.39, 0.29) is 10.1 Å². The molecule has 8 heteroatoms. The van der Waals surface area contributed by atoms with Crippen molar-refractivity contribution in [1.82, 2.24) is 5.32 Å². The van der Waals surface area contributed by atoms with Gasteiger partial charge in [-0.2, -0.15) is 0 Å². The number of sulfonamides is 1. The van der Waals surface area contributed by atoms with Crippen molar-refractivity contribution in [3.05, 3.63) is 41.3 Å². The Morgan fingerprint density at radius 2 is 1.86 bits per heavy atom. The van der Waals surface area contributed by atoms with Crippen LogP contribution < -0.4 is 14.8 Å². The molecule has 1 amide bonds. The summed E-state index contributed by atoms with van der Waals surface area (Å²) in [5.74, 6) is 0.492. The number of benzene rings is 1. The molecule has 2 N–H and O–H groups in total. The van der Waals surface area contributed by atoms with Crippen molar-refractivity contribution in [2.24, 2.45) is 0 Å². The third-order valence-corrected chi connectivity index (χ3v) is 5.71. The number of amides is 1. The SMILES string of the molecule is COc1ccc(NS(=O)(=O)c2ccc(CNC(C)=O)s2)cc1. The molecule has 1 heterocycles. The molecule has 1 aromatic carbocycles. The van der Waals surface area contributed by atoms with Crippen LogP contribution in [0, 0.1) is 0 Å². The maximum Gasteiger partial charge on any atom is 0.271 e. The van der Waals surface area contributed by atoms with Crippen LogP contribution >= 0.6 is 11.3 Å². The lowest BCUT2D eigenvalue weighted by Gasteiger charge is -2.07. The summed E-state index contributed by atoms with van der Waals surface area (Å²) in [5.41, 5.74) is 0.456. The molecule has 1 aromatic heterocycles. The van der Waals surface area contributed by atoms with Gasteiger partial charge in [-0.3, -0.25) is 9.52 Å². The number of hydrogen-bond donors (Lipinski definition) is 2. The first-order valence-electron chi connectivity index (χ1n) is 6.41. The molecule has 0 saturated heterocycles. The summed E-state index contributed by atoms with van der Waals surface area (Å²) < 4.78 is 32.3. The lowest BCUT2D eigenvalue weighted by atomic mass is 10.3. The van der Waals surface area contributed by atoms with Crippen molar-refractivity contribution in [1.29, 1.82) is 0 Å². The predicted molar refractivity (Wildman–Crippen MR) is 85.6 cm³/mol. The Balaban J connectivity index is 2.10. The van der Waals surface area contributed by atoms with Gasteiger partial charge in [0.2, 0.25) is 5.91 Å². The van der Waals surface area contributed by atoms with Crippen LogP contribution in [0.25, 0.3) is 0 Å². The minimum absolute atomic E-state index is 0.158. The second-order valence-electron chi connectivity index (χ2n) is 4.46. The van der Waals surface area contributed by atoms with Crippen LogP contribution in [0.5, 0.6) is 5.75 Å². The number of thiophene rings is 1. The molecule has 22 heavy (non-hydrogen) atoms. The summed E-state index contributed by atoms with van der Waals surface area (Å²) in [7, 11) is -2.09. The van der Waals surface area contributed by atoms with Gasteiger partial charge in [-0.25, -0.2) is 8.42 Å². The first-order valence-corrected chi connectivity index (χ1v) is 8.71. The quantitative estimate of drug-likeness (QED) is 0.844. The average molecular weight is 340 g/mol. The number of carbonyl (C=O) groups excluding carboxylic acids is 1. The molecule has 0 bridgehead atoms. The van der Waals surface area contributed by atoms with Crippen molar-refractivity contribution < 1.29 is 17.9 Å². The van der Waals surface area contributed by atoms with Crippen molar-refractivity contribution in [2.75, 3.05) is 11.8 Å². The van der Waals surface area contributed by atoms with Gasteiger partial charge in [0.05, 0.1) is 13.7 Å². The van der Waals surface area contributed by atoms with Crippen LogP contribution in [-0.4, -0.2) is 21.4 Å². The van der Waals surface area contributed by atoms with E-state index < -0.39 is 10.0 Å². The van der Waals surface area contributed by atoms with E-state index in [0.29, 0.717) is 18.0 Å². The molecule has 0 aliphatic heterocycles. The summed E-state index contributed by atoms with van der Waals surface area (Å²) in [6.45, 7) is 1.73. The zero-order valence-corrected chi connectivity index (χ0v) is 13.8. The van der Waals surface area contributed by atoms with Crippen LogP contribution in [0.2, 0.25) is 0 Å². The summed E-state index contributed by atoms with van der Waals surface area (Å²) in [4.78, 5) is 11.6. The molecule has 0 atom stereocenters. The zero-order valence-electron chi connectivity index (χ0n) is 12.1. The van der Waals surface area contributed by atoms with Crippen LogP contribution in [0.3, 0.4) is 0 Å². The third-order valence-electron chi connectivity index (χ3n) is 2.76. The highest BCUT2D eigenvalue weighted by atomic mass is 32.2. The second kappa shape index (κ2) is 6.80. The number of nitrogens with one attached hydrogen (secondary N) is 2. The van der Waals surface area contributed by atoms with Gasteiger partial charge >= 0.3 is 0 Å². The largest absolute Gasteiger partial charge is 0.497 e. The Morgan fingerprint density at radius 1 is 1.18 bits per heavy atom. The molecule has 0 saturated carbocycles. The summed E-state index contributed by atoms with van der Waals surface area (Å²) in [6.07, 6.45) is 0. The fourth-order valence-corrected chi connectivity index (χ4v) is 4.03. The van der Waals surface area contributed by atoms with Gasteiger partial charge in [-0.1, -0.05) is 0 Å². The standard InChI is InChI=1S/C14H16N2O4S2/c1-10(17)15-9-13-7-8-14(21-13)22(18,19)16-11-3-5-12(20-2)6-4-11/h3-8,16H,9H2,1-2H3,(H,15,17). The van der Waals surface area contributed by atoms with E-state index in [4.69, 9.17) is 4.74 Å². The van der Waals surface area contributed by atoms with Gasteiger partial charge in [-0.15, -0.1) is 11.3 Å². The molecular weight excluding hydrogens is 324 g/mol.